The number of hydrogen-bond acceptors (Lipinski definition) is 5. The normalized spacial score (nSPS) is 13.7. The number of nitrogens with zero attached hydrogens (tertiary/aromatic N) is 1. The van der Waals surface area contributed by atoms with Gasteiger partial charge in [0.05, 0.1) is 5.56 Å². The first-order valence-corrected chi connectivity index (χ1v) is 12.8. The van der Waals surface area contributed by atoms with E-state index in [1.807, 2.05) is 44.2 Å². The summed E-state index contributed by atoms with van der Waals surface area (Å²) < 4.78 is 5.32. The van der Waals surface area contributed by atoms with Crippen LogP contribution >= 0.6 is 11.3 Å². The molecule has 7 heteroatoms. The van der Waals surface area contributed by atoms with Crippen LogP contribution < -0.4 is 15.8 Å². The van der Waals surface area contributed by atoms with Gasteiger partial charge >= 0.3 is 0 Å². The first-order chi connectivity index (χ1) is 16.9. The molecule has 0 saturated heterocycles. The second-order valence-electron chi connectivity index (χ2n) is 8.95. The molecule has 1 aliphatic carbocycles. The number of amides is 2. The van der Waals surface area contributed by atoms with E-state index in [0.717, 1.165) is 58.6 Å². The molecule has 0 spiro atoms. The Morgan fingerprint density at radius 1 is 1.06 bits per heavy atom. The molecule has 1 heterocycles. The second-order valence-corrected chi connectivity index (χ2v) is 10.0. The monoisotopic (exact) mass is 489 g/mol. The summed E-state index contributed by atoms with van der Waals surface area (Å²) in [6, 6.07) is 13.3. The van der Waals surface area contributed by atoms with Crippen LogP contribution in [-0.2, 0) is 17.6 Å². The molecule has 3 N–H and O–H groups in total. The minimum Gasteiger partial charge on any atom is -0.484 e. The van der Waals surface area contributed by atoms with E-state index in [1.165, 1.54) is 17.7 Å². The zero-order valence-corrected chi connectivity index (χ0v) is 21.0. The first kappa shape index (κ1) is 24.7. The van der Waals surface area contributed by atoms with Gasteiger partial charge in [-0.2, -0.15) is 0 Å². The van der Waals surface area contributed by atoms with Gasteiger partial charge in [0.15, 0.2) is 6.61 Å². The van der Waals surface area contributed by atoms with Gasteiger partial charge in [-0.1, -0.05) is 25.0 Å². The number of carbonyl (C=O) groups excluding carboxylic acids is 2. The van der Waals surface area contributed by atoms with Crippen molar-refractivity contribution in [3.8, 4) is 5.75 Å². The third-order valence-corrected chi connectivity index (χ3v) is 7.31. The number of aliphatic imine (C=N–C) groups is 1. The van der Waals surface area contributed by atoms with Crippen molar-refractivity contribution in [1.82, 2.24) is 0 Å². The third-order valence-electron chi connectivity index (χ3n) is 6.11. The Balaban J connectivity index is 1.63. The van der Waals surface area contributed by atoms with Gasteiger partial charge in [-0.3, -0.25) is 9.59 Å². The lowest BCUT2D eigenvalue weighted by molar-refractivity contribution is -0.119. The molecule has 1 aliphatic rings. The first-order valence-electron chi connectivity index (χ1n) is 12.0. The summed E-state index contributed by atoms with van der Waals surface area (Å²) in [6.45, 7) is 3.87. The molecule has 0 atom stereocenters. The van der Waals surface area contributed by atoms with Gasteiger partial charge in [0.1, 0.15) is 10.8 Å². The summed E-state index contributed by atoms with van der Waals surface area (Å²) in [6.07, 6.45) is 8.31. The van der Waals surface area contributed by atoms with Crippen LogP contribution in [-0.4, -0.2) is 24.6 Å². The zero-order chi connectivity index (χ0) is 24.8. The summed E-state index contributed by atoms with van der Waals surface area (Å²) >= 11 is 1.63. The van der Waals surface area contributed by atoms with Gasteiger partial charge in [0, 0.05) is 16.8 Å². The molecular weight excluding hydrogens is 458 g/mol. The van der Waals surface area contributed by atoms with E-state index in [9.17, 15) is 9.59 Å². The fraction of sp³-hybridized carbons (Fsp3) is 0.321. The van der Waals surface area contributed by atoms with Crippen molar-refractivity contribution in [3.05, 3.63) is 75.2 Å². The molecule has 182 valence electrons. The largest absolute Gasteiger partial charge is 0.484 e. The molecule has 0 fully saturated rings. The van der Waals surface area contributed by atoms with Crippen LogP contribution in [0.25, 0.3) is 0 Å². The fourth-order valence-electron chi connectivity index (χ4n) is 4.22. The topological polar surface area (TPSA) is 93.8 Å². The predicted molar refractivity (Wildman–Crippen MR) is 142 cm³/mol. The molecule has 35 heavy (non-hydrogen) atoms. The van der Waals surface area contributed by atoms with Crippen LogP contribution in [0.1, 0.15) is 63.2 Å². The van der Waals surface area contributed by atoms with E-state index < -0.39 is 5.91 Å². The molecule has 3 aromatic rings. The highest BCUT2D eigenvalue weighted by Gasteiger charge is 2.24. The maximum Gasteiger partial charge on any atom is 0.259 e. The minimum atomic E-state index is -0.518. The molecule has 0 aliphatic heterocycles. The van der Waals surface area contributed by atoms with Crippen LogP contribution in [0.2, 0.25) is 0 Å². The van der Waals surface area contributed by atoms with E-state index in [0.29, 0.717) is 11.3 Å². The van der Waals surface area contributed by atoms with Crippen LogP contribution in [0.5, 0.6) is 5.75 Å². The number of benzene rings is 2. The average Bonchev–Trinajstić information content (AvgIpc) is 3.15. The van der Waals surface area contributed by atoms with E-state index >= 15 is 0 Å². The fourth-order valence-corrected chi connectivity index (χ4v) is 5.45. The summed E-state index contributed by atoms with van der Waals surface area (Å²) in [7, 11) is 0. The molecule has 0 unspecified atom stereocenters. The molecule has 4 rings (SSSR count). The Kier molecular flexibility index (Phi) is 7.98. The molecule has 6 nitrogen and oxygen atoms in total. The highest BCUT2D eigenvalue weighted by atomic mass is 32.1. The van der Waals surface area contributed by atoms with Crippen molar-refractivity contribution < 1.29 is 14.3 Å². The lowest BCUT2D eigenvalue weighted by Crippen LogP contribution is -2.19. The van der Waals surface area contributed by atoms with Crippen LogP contribution in [0.15, 0.2) is 47.5 Å². The molecule has 0 saturated carbocycles. The summed E-state index contributed by atoms with van der Waals surface area (Å²) in [5.41, 5.74) is 10.8. The zero-order valence-electron chi connectivity index (χ0n) is 20.2. The maximum absolute atomic E-state index is 13.6. The number of nitrogens with one attached hydrogen (secondary N) is 1. The van der Waals surface area contributed by atoms with Gasteiger partial charge in [0.25, 0.3) is 11.8 Å². The quantitative estimate of drug-likeness (QED) is 0.405. The van der Waals surface area contributed by atoms with Crippen molar-refractivity contribution in [1.29, 1.82) is 0 Å². The van der Waals surface area contributed by atoms with E-state index in [1.54, 1.807) is 29.7 Å². The Morgan fingerprint density at radius 2 is 1.80 bits per heavy atom. The molecular formula is C28H31N3O3S. The lowest BCUT2D eigenvalue weighted by Gasteiger charge is -2.13. The Hall–Kier alpha value is -3.45. The average molecular weight is 490 g/mol. The number of fused-ring (bicyclic) bond motifs is 1. The van der Waals surface area contributed by atoms with Crippen molar-refractivity contribution in [2.45, 2.75) is 52.4 Å². The molecule has 1 aromatic heterocycles. The highest BCUT2D eigenvalue weighted by Crippen LogP contribution is 2.39. The Morgan fingerprint density at radius 3 is 2.54 bits per heavy atom. The van der Waals surface area contributed by atoms with Crippen molar-refractivity contribution in [3.63, 3.8) is 0 Å². The number of primary amides is 1. The van der Waals surface area contributed by atoms with Crippen molar-refractivity contribution in [2.75, 3.05) is 11.9 Å². The van der Waals surface area contributed by atoms with Gasteiger partial charge in [-0.05, 0) is 92.1 Å². The Labute approximate surface area is 210 Å². The predicted octanol–water partition coefficient (Wildman–Crippen LogP) is 5.89. The molecule has 2 amide bonds. The number of rotatable bonds is 7. The van der Waals surface area contributed by atoms with Crippen molar-refractivity contribution in [2.24, 2.45) is 10.7 Å². The van der Waals surface area contributed by atoms with E-state index in [2.05, 4.69) is 5.32 Å². The van der Waals surface area contributed by atoms with E-state index in [-0.39, 0.29) is 12.5 Å². The third kappa shape index (κ3) is 6.36. The van der Waals surface area contributed by atoms with Gasteiger partial charge < -0.3 is 15.8 Å². The van der Waals surface area contributed by atoms with Crippen LogP contribution in [0, 0.1) is 13.8 Å². The minimum absolute atomic E-state index is 0.0980. The van der Waals surface area contributed by atoms with Crippen molar-refractivity contribution >= 4 is 40.1 Å². The summed E-state index contributed by atoms with van der Waals surface area (Å²) in [4.78, 5) is 30.5. The number of carbonyl (C=O) groups is 2. The molecule has 0 bridgehead atoms. The number of anilines is 1. The molecule has 2 aromatic carbocycles. The standard InChI is InChI=1S/C28H31N3O3S/c1-18-9-10-19(2)23(15-18)31-27(33)26-22-7-5-3-4-6-8-24(22)35-28(26)30-16-20-11-13-21(14-12-20)34-17-25(29)32/h9-16H,3-8,17H2,1-2H3,(H2,29,32)(H,31,33). The second kappa shape index (κ2) is 11.3. The smallest absolute Gasteiger partial charge is 0.259 e. The number of hydrogen-bond donors (Lipinski definition) is 2. The Bertz CT molecular complexity index is 1250. The summed E-state index contributed by atoms with van der Waals surface area (Å²) in [5.74, 6) is -0.0525. The highest BCUT2D eigenvalue weighted by molar-refractivity contribution is 7.16. The van der Waals surface area contributed by atoms with Gasteiger partial charge in [-0.25, -0.2) is 4.99 Å². The summed E-state index contributed by atoms with van der Waals surface area (Å²) in [5, 5.41) is 3.89. The van der Waals surface area contributed by atoms with Gasteiger partial charge in [-0.15, -0.1) is 11.3 Å². The van der Waals surface area contributed by atoms with E-state index in [4.69, 9.17) is 15.5 Å². The number of aryl methyl sites for hydroxylation is 3. The number of thiophene rings is 1. The maximum atomic E-state index is 13.6. The van der Waals surface area contributed by atoms with Crippen LogP contribution in [0.4, 0.5) is 10.7 Å². The van der Waals surface area contributed by atoms with Gasteiger partial charge in [0.2, 0.25) is 0 Å². The van der Waals surface area contributed by atoms with Crippen LogP contribution in [0.3, 0.4) is 0 Å². The number of ether oxygens (including phenoxy) is 1. The SMILES string of the molecule is Cc1ccc(C)c(NC(=O)c2c(N=Cc3ccc(OCC(N)=O)cc3)sc3c2CCCCCC3)c1. The molecule has 0 radical (unpaired) electrons. The lowest BCUT2D eigenvalue weighted by atomic mass is 9.96. The number of nitrogens with two attached hydrogens (primary N) is 1.